The largest absolute Gasteiger partial charge is 0.497 e. The maximum atomic E-state index is 12.1. The van der Waals surface area contributed by atoms with E-state index in [0.717, 1.165) is 0 Å². The fraction of sp³-hybridized carbons (Fsp3) is 0.190. The second kappa shape index (κ2) is 9.92. The number of nitrogens with one attached hydrogen (secondary N) is 2. The van der Waals surface area contributed by atoms with Crippen LogP contribution in [0.4, 0.5) is 28.8 Å². The third-order valence-corrected chi connectivity index (χ3v) is 4.62. The molecule has 0 aliphatic rings. The maximum absolute atomic E-state index is 12.1. The van der Waals surface area contributed by atoms with Gasteiger partial charge in [-0.15, -0.1) is 0 Å². The average Bonchev–Trinajstić information content (AvgIpc) is 2.74. The molecule has 0 atom stereocenters. The zero-order valence-corrected chi connectivity index (χ0v) is 18.3. The fourth-order valence-electron chi connectivity index (χ4n) is 2.86. The molecule has 0 radical (unpaired) electrons. The third kappa shape index (κ3) is 5.22. The van der Waals surface area contributed by atoms with Gasteiger partial charge < -0.3 is 20.1 Å². The van der Waals surface area contributed by atoms with E-state index in [4.69, 9.17) is 21.1 Å². The Morgan fingerprint density at radius 3 is 2.59 bits per heavy atom. The Morgan fingerprint density at radius 2 is 1.91 bits per heavy atom. The van der Waals surface area contributed by atoms with E-state index in [0.29, 0.717) is 17.1 Å². The number of methoxy groups -OCH3 is 1. The average molecular weight is 458 g/mol. The number of aryl methyl sites for hydroxylation is 1. The van der Waals surface area contributed by atoms with Crippen LogP contribution in [0.3, 0.4) is 0 Å². The van der Waals surface area contributed by atoms with Crippen LogP contribution in [-0.2, 0) is 4.74 Å². The summed E-state index contributed by atoms with van der Waals surface area (Å²) in [6.07, 6.45) is 0. The Labute approximate surface area is 188 Å². The number of halogens is 1. The number of aromatic nitrogens is 2. The number of esters is 1. The van der Waals surface area contributed by atoms with Gasteiger partial charge in [0.2, 0.25) is 11.8 Å². The van der Waals surface area contributed by atoms with Crippen LogP contribution in [0, 0.1) is 17.0 Å². The molecule has 10 nitrogen and oxygen atoms in total. The molecule has 0 aliphatic heterocycles. The number of rotatable bonds is 8. The molecule has 0 saturated carbocycles. The molecule has 0 bridgehead atoms. The zero-order chi connectivity index (χ0) is 23.3. The van der Waals surface area contributed by atoms with Crippen molar-refractivity contribution in [3.05, 3.63) is 68.9 Å². The lowest BCUT2D eigenvalue weighted by Crippen LogP contribution is -2.08. The summed E-state index contributed by atoms with van der Waals surface area (Å²) in [6, 6.07) is 11.5. The number of nitro groups is 1. The summed E-state index contributed by atoms with van der Waals surface area (Å²) in [4.78, 5) is 31.6. The molecular weight excluding hydrogens is 438 g/mol. The van der Waals surface area contributed by atoms with E-state index in [9.17, 15) is 14.9 Å². The highest BCUT2D eigenvalue weighted by molar-refractivity contribution is 6.33. The van der Waals surface area contributed by atoms with Crippen LogP contribution in [0.15, 0.2) is 42.5 Å². The number of ether oxygens (including phenoxy) is 2. The van der Waals surface area contributed by atoms with Crippen molar-refractivity contribution in [2.24, 2.45) is 0 Å². The van der Waals surface area contributed by atoms with Crippen molar-refractivity contribution >= 4 is 46.4 Å². The molecule has 0 saturated heterocycles. The normalized spacial score (nSPS) is 10.4. The molecule has 166 valence electrons. The van der Waals surface area contributed by atoms with Gasteiger partial charge in [0.1, 0.15) is 11.4 Å². The zero-order valence-electron chi connectivity index (χ0n) is 17.5. The van der Waals surface area contributed by atoms with E-state index >= 15 is 0 Å². The van der Waals surface area contributed by atoms with Crippen LogP contribution in [0.5, 0.6) is 5.75 Å². The van der Waals surface area contributed by atoms with Gasteiger partial charge in [-0.05, 0) is 44.2 Å². The Kier molecular flexibility index (Phi) is 7.06. The van der Waals surface area contributed by atoms with E-state index < -0.39 is 10.9 Å². The van der Waals surface area contributed by atoms with Gasteiger partial charge in [0.05, 0.1) is 29.2 Å². The minimum atomic E-state index is -0.567. The smallest absolute Gasteiger partial charge is 0.339 e. The number of hydrogen-bond acceptors (Lipinski definition) is 9. The molecule has 1 aromatic heterocycles. The van der Waals surface area contributed by atoms with E-state index in [2.05, 4.69) is 20.6 Å². The minimum Gasteiger partial charge on any atom is -0.497 e. The Balaban J connectivity index is 1.97. The Morgan fingerprint density at radius 1 is 1.16 bits per heavy atom. The van der Waals surface area contributed by atoms with Crippen LogP contribution >= 0.6 is 11.6 Å². The number of nitrogens with zero attached hydrogens (tertiary/aromatic N) is 3. The molecule has 2 N–H and O–H groups in total. The number of benzene rings is 2. The standard InChI is InChI=1S/C21H20ClN5O5/c1-4-32-20(28)16-11-14(8-9-17(16)22)25-21-23-12(2)18(27(29)30)19(26-21)24-13-6-5-7-15(10-13)31-3/h5-11H,4H2,1-3H3,(H2,23,24,25,26). The summed E-state index contributed by atoms with van der Waals surface area (Å²) in [7, 11) is 1.52. The van der Waals surface area contributed by atoms with Crippen LogP contribution in [0.25, 0.3) is 0 Å². The van der Waals surface area contributed by atoms with Crippen LogP contribution in [0.1, 0.15) is 23.0 Å². The van der Waals surface area contributed by atoms with Gasteiger partial charge in [0.15, 0.2) is 0 Å². The molecule has 0 amide bonds. The number of carbonyl (C=O) groups is 1. The third-order valence-electron chi connectivity index (χ3n) is 4.29. The highest BCUT2D eigenvalue weighted by Gasteiger charge is 2.23. The van der Waals surface area contributed by atoms with Gasteiger partial charge in [-0.1, -0.05) is 17.7 Å². The summed E-state index contributed by atoms with van der Waals surface area (Å²) in [5, 5.41) is 17.7. The summed E-state index contributed by atoms with van der Waals surface area (Å²) < 4.78 is 10.2. The lowest BCUT2D eigenvalue weighted by molar-refractivity contribution is -0.385. The molecule has 11 heteroatoms. The summed E-state index contributed by atoms with van der Waals surface area (Å²) in [5.41, 5.74) is 1.07. The summed E-state index contributed by atoms with van der Waals surface area (Å²) in [5.74, 6) is 0.102. The monoisotopic (exact) mass is 457 g/mol. The number of anilines is 4. The molecule has 0 aliphatic carbocycles. The number of carbonyl (C=O) groups excluding carboxylic acids is 1. The lowest BCUT2D eigenvalue weighted by Gasteiger charge is -2.12. The minimum absolute atomic E-state index is 0.00201. The summed E-state index contributed by atoms with van der Waals surface area (Å²) >= 11 is 6.10. The Hall–Kier alpha value is -3.92. The van der Waals surface area contributed by atoms with Gasteiger partial charge in [0, 0.05) is 17.4 Å². The van der Waals surface area contributed by atoms with Crippen LogP contribution < -0.4 is 15.4 Å². The first kappa shape index (κ1) is 22.8. The highest BCUT2D eigenvalue weighted by Crippen LogP contribution is 2.31. The van der Waals surface area contributed by atoms with Crippen molar-refractivity contribution in [3.8, 4) is 5.75 Å². The van der Waals surface area contributed by atoms with Crippen molar-refractivity contribution in [1.29, 1.82) is 0 Å². The predicted octanol–water partition coefficient (Wildman–Crippen LogP) is 5.02. The first-order valence-electron chi connectivity index (χ1n) is 9.50. The van der Waals surface area contributed by atoms with Crippen LogP contribution in [0.2, 0.25) is 5.02 Å². The number of hydrogen-bond donors (Lipinski definition) is 2. The van der Waals surface area contributed by atoms with E-state index in [1.807, 2.05) is 0 Å². The van der Waals surface area contributed by atoms with Crippen molar-refractivity contribution in [3.63, 3.8) is 0 Å². The van der Waals surface area contributed by atoms with Gasteiger partial charge >= 0.3 is 11.7 Å². The topological polar surface area (TPSA) is 129 Å². The molecule has 0 spiro atoms. The molecule has 0 unspecified atom stereocenters. The molecule has 2 aromatic carbocycles. The SMILES string of the molecule is CCOC(=O)c1cc(Nc2nc(C)c([N+](=O)[O-])c(Nc3cccc(OC)c3)n2)ccc1Cl. The predicted molar refractivity (Wildman–Crippen MR) is 120 cm³/mol. The van der Waals surface area contributed by atoms with E-state index in [-0.39, 0.29) is 40.3 Å². The van der Waals surface area contributed by atoms with Gasteiger partial charge in [-0.2, -0.15) is 4.98 Å². The van der Waals surface area contributed by atoms with Crippen molar-refractivity contribution < 1.29 is 19.2 Å². The lowest BCUT2D eigenvalue weighted by atomic mass is 10.2. The van der Waals surface area contributed by atoms with E-state index in [1.54, 1.807) is 37.3 Å². The second-order valence-electron chi connectivity index (χ2n) is 6.48. The van der Waals surface area contributed by atoms with Crippen LogP contribution in [-0.4, -0.2) is 34.6 Å². The molecular formula is C21H20ClN5O5. The van der Waals surface area contributed by atoms with Gasteiger partial charge in [-0.3, -0.25) is 10.1 Å². The molecule has 1 heterocycles. The first-order valence-corrected chi connectivity index (χ1v) is 9.88. The van der Waals surface area contributed by atoms with Gasteiger partial charge in [-0.25, -0.2) is 9.78 Å². The second-order valence-corrected chi connectivity index (χ2v) is 6.89. The Bertz CT molecular complexity index is 1170. The maximum Gasteiger partial charge on any atom is 0.339 e. The van der Waals surface area contributed by atoms with E-state index in [1.165, 1.54) is 26.2 Å². The quantitative estimate of drug-likeness (QED) is 0.272. The summed E-state index contributed by atoms with van der Waals surface area (Å²) in [6.45, 7) is 3.41. The van der Waals surface area contributed by atoms with Crippen molar-refractivity contribution in [2.45, 2.75) is 13.8 Å². The molecule has 0 fully saturated rings. The molecule has 3 aromatic rings. The first-order chi connectivity index (χ1) is 15.3. The highest BCUT2D eigenvalue weighted by atomic mass is 35.5. The van der Waals surface area contributed by atoms with Crippen molar-refractivity contribution in [2.75, 3.05) is 24.4 Å². The molecule has 3 rings (SSSR count). The van der Waals surface area contributed by atoms with Crippen molar-refractivity contribution in [1.82, 2.24) is 9.97 Å². The molecule has 32 heavy (non-hydrogen) atoms. The fourth-order valence-corrected chi connectivity index (χ4v) is 3.06. The van der Waals surface area contributed by atoms with Gasteiger partial charge in [0.25, 0.3) is 0 Å².